The van der Waals surface area contributed by atoms with Crippen molar-refractivity contribution in [1.82, 2.24) is 0 Å². The van der Waals surface area contributed by atoms with Gasteiger partial charge < -0.3 is 4.74 Å². The van der Waals surface area contributed by atoms with Crippen molar-refractivity contribution in [3.05, 3.63) is 99.8 Å². The van der Waals surface area contributed by atoms with Crippen LogP contribution in [0, 0.1) is 17.7 Å². The van der Waals surface area contributed by atoms with Gasteiger partial charge in [-0.1, -0.05) is 54.6 Å². The van der Waals surface area contributed by atoms with Gasteiger partial charge in [0.05, 0.1) is 12.2 Å². The van der Waals surface area contributed by atoms with Crippen LogP contribution >= 0.6 is 11.6 Å². The molecule has 0 aliphatic heterocycles. The van der Waals surface area contributed by atoms with Crippen molar-refractivity contribution in [2.75, 3.05) is 6.61 Å². The molecule has 0 saturated carbocycles. The molecule has 0 aromatic heterocycles. The number of benzene rings is 3. The predicted octanol–water partition coefficient (Wildman–Crippen LogP) is 6.45. The Kier molecular flexibility index (Phi) is 7.12. The van der Waals surface area contributed by atoms with Crippen molar-refractivity contribution in [2.45, 2.75) is 26.2 Å². The van der Waals surface area contributed by atoms with Crippen LogP contribution < -0.4 is 4.74 Å². The van der Waals surface area contributed by atoms with Crippen LogP contribution in [0.1, 0.15) is 35.6 Å². The highest BCUT2D eigenvalue weighted by Crippen LogP contribution is 2.16. The van der Waals surface area contributed by atoms with E-state index in [2.05, 4.69) is 43.0 Å². The van der Waals surface area contributed by atoms with Gasteiger partial charge in [0.25, 0.3) is 0 Å². The smallest absolute Gasteiger partial charge is 0.140 e. The van der Waals surface area contributed by atoms with Gasteiger partial charge in [0.1, 0.15) is 11.6 Å². The summed E-state index contributed by atoms with van der Waals surface area (Å²) in [6, 6.07) is 20.9. The molecule has 3 rings (SSSR count). The summed E-state index contributed by atoms with van der Waals surface area (Å²) in [6.45, 7) is 2.85. The standard InChI is InChI=1S/C25H22ClFO/c1-2-17-28-24-15-10-21(11-16-24)8-5-19-3-6-20(7-4-19)9-12-22-13-14-23(26)18-25(22)27/h3-4,6-7,10-11,13-16,18H,2,5,8,17H2,1H3. The molecule has 0 fully saturated rings. The summed E-state index contributed by atoms with van der Waals surface area (Å²) in [5.41, 5.74) is 3.73. The van der Waals surface area contributed by atoms with E-state index in [1.165, 1.54) is 17.2 Å². The molecule has 0 aliphatic rings. The average Bonchev–Trinajstić information content (AvgIpc) is 2.71. The Morgan fingerprint density at radius 3 is 2.11 bits per heavy atom. The van der Waals surface area contributed by atoms with E-state index in [-0.39, 0.29) is 0 Å². The fourth-order valence-electron chi connectivity index (χ4n) is 2.75. The van der Waals surface area contributed by atoms with E-state index in [0.29, 0.717) is 10.6 Å². The van der Waals surface area contributed by atoms with Crippen LogP contribution in [0.25, 0.3) is 0 Å². The minimum Gasteiger partial charge on any atom is -0.494 e. The third kappa shape index (κ3) is 5.87. The molecule has 0 N–H and O–H groups in total. The highest BCUT2D eigenvalue weighted by atomic mass is 35.5. The normalized spacial score (nSPS) is 10.2. The first-order valence-corrected chi connectivity index (χ1v) is 9.79. The monoisotopic (exact) mass is 392 g/mol. The molecule has 3 heteroatoms. The van der Waals surface area contributed by atoms with Crippen molar-refractivity contribution in [2.24, 2.45) is 0 Å². The van der Waals surface area contributed by atoms with E-state index >= 15 is 0 Å². The lowest BCUT2D eigenvalue weighted by atomic mass is 10.0. The largest absolute Gasteiger partial charge is 0.494 e. The van der Waals surface area contributed by atoms with E-state index < -0.39 is 5.82 Å². The maximum absolute atomic E-state index is 13.8. The van der Waals surface area contributed by atoms with Crippen LogP contribution in [0.15, 0.2) is 66.7 Å². The van der Waals surface area contributed by atoms with Crippen LogP contribution in [0.2, 0.25) is 5.02 Å². The van der Waals surface area contributed by atoms with Crippen molar-refractivity contribution in [1.29, 1.82) is 0 Å². The fraction of sp³-hybridized carbons (Fsp3) is 0.200. The molecular weight excluding hydrogens is 371 g/mol. The molecule has 0 aliphatic carbocycles. The lowest BCUT2D eigenvalue weighted by Gasteiger charge is -2.06. The maximum atomic E-state index is 13.8. The van der Waals surface area contributed by atoms with Crippen LogP contribution in [0.5, 0.6) is 5.75 Å². The zero-order chi connectivity index (χ0) is 19.8. The zero-order valence-corrected chi connectivity index (χ0v) is 16.6. The van der Waals surface area contributed by atoms with Gasteiger partial charge in [-0.05, 0) is 72.9 Å². The third-order valence-corrected chi connectivity index (χ3v) is 4.56. The van der Waals surface area contributed by atoms with E-state index in [1.54, 1.807) is 12.1 Å². The SMILES string of the molecule is CCCOc1ccc(CCc2ccc(C#Cc3ccc(Cl)cc3F)cc2)cc1. The quantitative estimate of drug-likeness (QED) is 0.438. The summed E-state index contributed by atoms with van der Waals surface area (Å²) < 4.78 is 19.4. The second-order valence-electron chi connectivity index (χ2n) is 6.56. The molecule has 1 nitrogen and oxygen atoms in total. The Balaban J connectivity index is 1.57. The third-order valence-electron chi connectivity index (χ3n) is 4.33. The Hall–Kier alpha value is -2.76. The molecule has 3 aromatic rings. The summed E-state index contributed by atoms with van der Waals surface area (Å²) in [5.74, 6) is 6.38. The Bertz CT molecular complexity index is 966. The van der Waals surface area contributed by atoms with Crippen LogP contribution in [-0.2, 0) is 12.8 Å². The van der Waals surface area contributed by atoms with Gasteiger partial charge >= 0.3 is 0 Å². The number of halogens is 2. The summed E-state index contributed by atoms with van der Waals surface area (Å²) in [6.07, 6.45) is 2.93. The van der Waals surface area contributed by atoms with Crippen LogP contribution in [-0.4, -0.2) is 6.61 Å². The molecule has 142 valence electrons. The van der Waals surface area contributed by atoms with E-state index in [1.807, 2.05) is 24.3 Å². The van der Waals surface area contributed by atoms with Crippen LogP contribution in [0.3, 0.4) is 0 Å². The van der Waals surface area contributed by atoms with E-state index in [4.69, 9.17) is 16.3 Å². The second-order valence-corrected chi connectivity index (χ2v) is 7.00. The average molecular weight is 393 g/mol. The van der Waals surface area contributed by atoms with Gasteiger partial charge in [-0.25, -0.2) is 4.39 Å². The van der Waals surface area contributed by atoms with Crippen molar-refractivity contribution in [3.8, 4) is 17.6 Å². The Morgan fingerprint density at radius 2 is 1.50 bits per heavy atom. The maximum Gasteiger partial charge on any atom is 0.140 e. The molecule has 0 saturated heterocycles. The van der Waals surface area contributed by atoms with Crippen molar-refractivity contribution < 1.29 is 9.13 Å². The number of hydrogen-bond donors (Lipinski definition) is 0. The van der Waals surface area contributed by atoms with Gasteiger partial charge in [-0.3, -0.25) is 0 Å². The molecule has 3 aromatic carbocycles. The molecule has 28 heavy (non-hydrogen) atoms. The van der Waals surface area contributed by atoms with E-state index in [9.17, 15) is 4.39 Å². The van der Waals surface area contributed by atoms with Gasteiger partial charge in [0.15, 0.2) is 0 Å². The Morgan fingerprint density at radius 1 is 0.857 bits per heavy atom. The summed E-state index contributed by atoms with van der Waals surface area (Å²) in [4.78, 5) is 0. The molecule has 0 radical (unpaired) electrons. The summed E-state index contributed by atoms with van der Waals surface area (Å²) in [7, 11) is 0. The van der Waals surface area contributed by atoms with Gasteiger partial charge in [0, 0.05) is 10.6 Å². The first kappa shape index (κ1) is 20.0. The minimum absolute atomic E-state index is 0.347. The van der Waals surface area contributed by atoms with Gasteiger partial charge in [0.2, 0.25) is 0 Å². The fourth-order valence-corrected chi connectivity index (χ4v) is 2.90. The van der Waals surface area contributed by atoms with Gasteiger partial charge in [-0.15, -0.1) is 0 Å². The second kappa shape index (κ2) is 9.97. The van der Waals surface area contributed by atoms with Gasteiger partial charge in [-0.2, -0.15) is 0 Å². The van der Waals surface area contributed by atoms with Crippen LogP contribution in [0.4, 0.5) is 4.39 Å². The molecular formula is C25H22ClFO. The molecule has 0 bridgehead atoms. The molecule has 0 unspecified atom stereocenters. The molecule has 0 heterocycles. The number of rotatable bonds is 6. The highest BCUT2D eigenvalue weighted by molar-refractivity contribution is 6.30. The molecule has 0 amide bonds. The summed E-state index contributed by atoms with van der Waals surface area (Å²) in [5, 5.41) is 0.371. The number of ether oxygens (including phenoxy) is 1. The lowest BCUT2D eigenvalue weighted by molar-refractivity contribution is 0.317. The lowest BCUT2D eigenvalue weighted by Crippen LogP contribution is -1.96. The Labute approximate surface area is 171 Å². The molecule has 0 atom stereocenters. The first-order valence-electron chi connectivity index (χ1n) is 9.42. The number of aryl methyl sites for hydroxylation is 2. The summed E-state index contributed by atoms with van der Waals surface area (Å²) >= 11 is 5.76. The topological polar surface area (TPSA) is 9.23 Å². The van der Waals surface area contributed by atoms with Crippen molar-refractivity contribution in [3.63, 3.8) is 0 Å². The molecule has 0 spiro atoms. The highest BCUT2D eigenvalue weighted by Gasteiger charge is 2.00. The van der Waals surface area contributed by atoms with E-state index in [0.717, 1.165) is 37.2 Å². The zero-order valence-electron chi connectivity index (χ0n) is 15.8. The van der Waals surface area contributed by atoms with Crippen molar-refractivity contribution >= 4 is 11.6 Å². The number of hydrogen-bond acceptors (Lipinski definition) is 1. The first-order chi connectivity index (χ1) is 13.6. The predicted molar refractivity (Wildman–Crippen MR) is 113 cm³/mol. The minimum atomic E-state index is -0.400.